The molecule has 0 spiro atoms. The molecule has 2 aromatic heterocycles. The molecule has 13 heteroatoms. The zero-order valence-electron chi connectivity index (χ0n) is 26.4. The van der Waals surface area contributed by atoms with Gasteiger partial charge in [-0.15, -0.1) is 5.10 Å². The van der Waals surface area contributed by atoms with E-state index in [1.54, 1.807) is 0 Å². The molecular weight excluding hydrogens is 626 g/mol. The molecule has 9 nitrogen and oxygen atoms in total. The van der Waals surface area contributed by atoms with Crippen LogP contribution in [-0.2, 0) is 18.1 Å². The Labute approximate surface area is 275 Å². The molecule has 0 saturated carbocycles. The van der Waals surface area contributed by atoms with Crippen molar-refractivity contribution in [3.05, 3.63) is 120 Å². The van der Waals surface area contributed by atoms with E-state index in [0.717, 1.165) is 77.9 Å². The first-order chi connectivity index (χ1) is 23.0. The second-order valence-corrected chi connectivity index (χ2v) is 12.3. The molecule has 1 aliphatic rings. The van der Waals surface area contributed by atoms with Gasteiger partial charge in [0.25, 0.3) is 0 Å². The summed E-state index contributed by atoms with van der Waals surface area (Å²) in [5, 5.41) is 32.0. The number of benzene rings is 3. The molecule has 1 aliphatic heterocycles. The molecule has 3 aromatic carbocycles. The van der Waals surface area contributed by atoms with E-state index >= 15 is 8.78 Å². The van der Waals surface area contributed by atoms with Gasteiger partial charge in [0, 0.05) is 60.9 Å². The molecule has 6 rings (SSSR count). The second-order valence-electron chi connectivity index (χ2n) is 12.3. The summed E-state index contributed by atoms with van der Waals surface area (Å²) < 4.78 is 61.5. The van der Waals surface area contributed by atoms with Gasteiger partial charge >= 0.3 is 5.92 Å². The number of alkyl halides is 2. The van der Waals surface area contributed by atoms with Crippen LogP contribution in [0.2, 0.25) is 0 Å². The lowest BCUT2D eigenvalue weighted by molar-refractivity contribution is -0.207. The lowest BCUT2D eigenvalue weighted by Crippen LogP contribution is -2.48. The van der Waals surface area contributed by atoms with Crippen LogP contribution >= 0.6 is 0 Å². The van der Waals surface area contributed by atoms with Crippen LogP contribution in [0.4, 0.5) is 28.9 Å². The minimum Gasteiger partial charge on any atom is -0.388 e. The van der Waals surface area contributed by atoms with Crippen molar-refractivity contribution in [3.63, 3.8) is 0 Å². The van der Waals surface area contributed by atoms with Gasteiger partial charge in [0.2, 0.25) is 0 Å². The molecular formula is C35H35F4N7O2. The Hall–Kier alpha value is -4.88. The highest BCUT2D eigenvalue weighted by Crippen LogP contribution is 2.47. The van der Waals surface area contributed by atoms with Gasteiger partial charge < -0.3 is 20.0 Å². The first-order valence-corrected chi connectivity index (χ1v) is 15.6. The summed E-state index contributed by atoms with van der Waals surface area (Å²) in [6, 6.07) is 20.3. The van der Waals surface area contributed by atoms with Gasteiger partial charge in [-0.05, 0) is 69.9 Å². The molecule has 1 fully saturated rings. The van der Waals surface area contributed by atoms with Crippen molar-refractivity contribution in [1.29, 1.82) is 0 Å². The molecule has 0 bridgehead atoms. The predicted molar refractivity (Wildman–Crippen MR) is 172 cm³/mol. The standard InChI is InChI=1S/C35H35F4N7O2/c1-23(2)33(47)25-5-11-29(12-6-25)45-17-15-44(16-18-45)28-9-3-24(4-10-28)26-7-14-32(40-20-26)35(38,39)34(48,21-46-22-41-42-43-46)30-13-8-27(36)19-31(30)37/h3-14,19-20,22-23,33,47-48H,15-18,21H2,1-2H3. The Kier molecular flexibility index (Phi) is 9.17. The fourth-order valence-electron chi connectivity index (χ4n) is 5.98. The van der Waals surface area contributed by atoms with Crippen LogP contribution in [0.15, 0.2) is 91.4 Å². The van der Waals surface area contributed by atoms with Crippen molar-refractivity contribution in [2.45, 2.75) is 38.0 Å². The Morgan fingerprint density at radius 1 is 0.812 bits per heavy atom. The number of anilines is 2. The maximum absolute atomic E-state index is 16.1. The van der Waals surface area contributed by atoms with E-state index in [0.29, 0.717) is 11.6 Å². The number of hydrogen-bond donors (Lipinski definition) is 2. The number of halogens is 4. The van der Waals surface area contributed by atoms with Crippen molar-refractivity contribution in [3.8, 4) is 11.1 Å². The van der Waals surface area contributed by atoms with E-state index in [4.69, 9.17) is 0 Å². The van der Waals surface area contributed by atoms with Crippen LogP contribution in [0.1, 0.15) is 36.8 Å². The highest BCUT2D eigenvalue weighted by atomic mass is 19.3. The van der Waals surface area contributed by atoms with Crippen LogP contribution in [0.5, 0.6) is 0 Å². The SMILES string of the molecule is CC(C)C(O)c1ccc(N2CCN(c3ccc(-c4ccc(C(F)(F)C(O)(Cn5cnnn5)c5ccc(F)cc5F)nc4)cc3)CC2)cc1. The zero-order valence-corrected chi connectivity index (χ0v) is 26.4. The molecule has 0 aliphatic carbocycles. The molecule has 48 heavy (non-hydrogen) atoms. The minimum atomic E-state index is -4.14. The Morgan fingerprint density at radius 2 is 1.42 bits per heavy atom. The van der Waals surface area contributed by atoms with Crippen LogP contribution < -0.4 is 9.80 Å². The Balaban J connectivity index is 1.14. The van der Waals surface area contributed by atoms with Crippen LogP contribution in [-0.4, -0.2) is 61.6 Å². The summed E-state index contributed by atoms with van der Waals surface area (Å²) >= 11 is 0. The van der Waals surface area contributed by atoms with Gasteiger partial charge in [0.05, 0.1) is 12.6 Å². The number of rotatable bonds is 10. The average Bonchev–Trinajstić information content (AvgIpc) is 3.61. The number of tetrazole rings is 1. The van der Waals surface area contributed by atoms with Gasteiger partial charge in [0.15, 0.2) is 5.60 Å². The average molecular weight is 662 g/mol. The Bertz CT molecular complexity index is 1810. The van der Waals surface area contributed by atoms with Crippen molar-refractivity contribution in [1.82, 2.24) is 25.2 Å². The number of aliphatic hydroxyl groups excluding tert-OH is 1. The van der Waals surface area contributed by atoms with E-state index < -0.39 is 47.1 Å². The van der Waals surface area contributed by atoms with Gasteiger partial charge in [-0.25, -0.2) is 13.5 Å². The minimum absolute atomic E-state index is 0.147. The summed E-state index contributed by atoms with van der Waals surface area (Å²) in [5.41, 5.74) is -0.488. The molecule has 2 atom stereocenters. The molecule has 5 aromatic rings. The monoisotopic (exact) mass is 661 g/mol. The molecule has 250 valence electrons. The third-order valence-corrected chi connectivity index (χ3v) is 8.84. The number of pyridine rings is 1. The van der Waals surface area contributed by atoms with Crippen LogP contribution in [0.3, 0.4) is 0 Å². The van der Waals surface area contributed by atoms with Gasteiger partial charge in [0.1, 0.15) is 23.7 Å². The summed E-state index contributed by atoms with van der Waals surface area (Å²) in [6.45, 7) is 6.33. The van der Waals surface area contributed by atoms with Crippen molar-refractivity contribution >= 4 is 11.4 Å². The maximum atomic E-state index is 16.1. The molecule has 0 radical (unpaired) electrons. The fourth-order valence-corrected chi connectivity index (χ4v) is 5.98. The summed E-state index contributed by atoms with van der Waals surface area (Å²) in [6.07, 6.45) is 1.78. The summed E-state index contributed by atoms with van der Waals surface area (Å²) in [5.74, 6) is -6.32. The Morgan fingerprint density at radius 3 is 1.94 bits per heavy atom. The smallest absolute Gasteiger partial charge is 0.323 e. The van der Waals surface area contributed by atoms with E-state index in [2.05, 4.69) is 42.4 Å². The van der Waals surface area contributed by atoms with E-state index in [9.17, 15) is 19.0 Å². The number of aliphatic hydroxyl groups is 2. The van der Waals surface area contributed by atoms with Crippen molar-refractivity contribution in [2.24, 2.45) is 5.92 Å². The molecule has 0 amide bonds. The zero-order chi connectivity index (χ0) is 34.1. The van der Waals surface area contributed by atoms with E-state index in [-0.39, 0.29) is 5.92 Å². The maximum Gasteiger partial charge on any atom is 0.323 e. The second kappa shape index (κ2) is 13.3. The lowest BCUT2D eigenvalue weighted by Gasteiger charge is -2.37. The van der Waals surface area contributed by atoms with Gasteiger partial charge in [-0.2, -0.15) is 8.78 Å². The fraction of sp³-hybridized carbons (Fsp3) is 0.314. The van der Waals surface area contributed by atoms with E-state index in [1.165, 1.54) is 12.3 Å². The third kappa shape index (κ3) is 6.47. The number of piperazine rings is 1. The highest BCUT2D eigenvalue weighted by Gasteiger charge is 2.58. The normalized spacial score (nSPS) is 15.9. The van der Waals surface area contributed by atoms with Crippen LogP contribution in [0, 0.1) is 17.6 Å². The number of hydrogen-bond acceptors (Lipinski definition) is 8. The molecule has 3 heterocycles. The largest absolute Gasteiger partial charge is 0.388 e. The predicted octanol–water partition coefficient (Wildman–Crippen LogP) is 5.71. The molecule has 2 unspecified atom stereocenters. The number of nitrogens with zero attached hydrogens (tertiary/aromatic N) is 7. The third-order valence-electron chi connectivity index (χ3n) is 8.84. The van der Waals surface area contributed by atoms with Gasteiger partial charge in [-0.1, -0.05) is 44.2 Å². The van der Waals surface area contributed by atoms with Gasteiger partial charge in [-0.3, -0.25) is 4.98 Å². The highest BCUT2D eigenvalue weighted by molar-refractivity contribution is 5.66. The topological polar surface area (TPSA) is 103 Å². The lowest BCUT2D eigenvalue weighted by atomic mass is 9.84. The first kappa shape index (κ1) is 33.0. The first-order valence-electron chi connectivity index (χ1n) is 15.6. The summed E-state index contributed by atoms with van der Waals surface area (Å²) in [7, 11) is 0. The molecule has 1 saturated heterocycles. The van der Waals surface area contributed by atoms with E-state index in [1.807, 2.05) is 50.2 Å². The van der Waals surface area contributed by atoms with Crippen molar-refractivity contribution in [2.75, 3.05) is 36.0 Å². The molecule has 2 N–H and O–H groups in total. The number of aromatic nitrogens is 5. The summed E-state index contributed by atoms with van der Waals surface area (Å²) in [4.78, 5) is 8.56. The van der Waals surface area contributed by atoms with Crippen LogP contribution in [0.25, 0.3) is 11.1 Å². The van der Waals surface area contributed by atoms with Crippen molar-refractivity contribution < 1.29 is 27.8 Å². The quantitative estimate of drug-likeness (QED) is 0.184.